The van der Waals surface area contributed by atoms with Gasteiger partial charge in [0.1, 0.15) is 12.0 Å². The Labute approximate surface area is 201 Å². The predicted octanol–water partition coefficient (Wildman–Crippen LogP) is -0.199. The van der Waals surface area contributed by atoms with Crippen molar-refractivity contribution in [1.29, 1.82) is 0 Å². The highest BCUT2D eigenvalue weighted by Gasteiger charge is 2.35. The monoisotopic (exact) mass is 502 g/mol. The van der Waals surface area contributed by atoms with Crippen LogP contribution in [0.2, 0.25) is 0 Å². The molecule has 3 N–H and O–H groups in total. The van der Waals surface area contributed by atoms with Gasteiger partial charge in [-0.2, -0.15) is 13.5 Å². The molecule has 0 unspecified atom stereocenters. The van der Waals surface area contributed by atoms with Gasteiger partial charge < -0.3 is 9.67 Å². The number of carbonyl (C=O) groups is 1. The molecule has 186 valence electrons. The maximum Gasteiger partial charge on any atom is 0.333 e. The molecular weight excluding hydrogens is 476 g/mol. The summed E-state index contributed by atoms with van der Waals surface area (Å²) in [5.74, 6) is -0.777. The summed E-state index contributed by atoms with van der Waals surface area (Å²) in [5.41, 5.74) is 1.41. The molecule has 0 bridgehead atoms. The van der Waals surface area contributed by atoms with E-state index in [1.54, 1.807) is 37.6 Å². The van der Waals surface area contributed by atoms with Crippen LogP contribution in [0.4, 0.5) is 0 Å². The Balaban J connectivity index is 1.46. The molecule has 3 aromatic rings. The number of aliphatic hydroxyl groups excluding tert-OH is 1. The number of ketones is 1. The highest BCUT2D eigenvalue weighted by molar-refractivity contribution is 7.84. The minimum absolute atomic E-state index is 0.0348. The van der Waals surface area contributed by atoms with Crippen LogP contribution in [-0.2, 0) is 34.5 Å². The lowest BCUT2D eigenvalue weighted by Gasteiger charge is -2.13. The van der Waals surface area contributed by atoms with Crippen molar-refractivity contribution < 1.29 is 22.5 Å². The number of nitrogens with two attached hydrogens (primary N) is 1. The fourth-order valence-electron chi connectivity index (χ4n) is 4.38. The van der Waals surface area contributed by atoms with Crippen molar-refractivity contribution in [3.8, 4) is 0 Å². The van der Waals surface area contributed by atoms with Crippen LogP contribution in [0.3, 0.4) is 0 Å². The maximum atomic E-state index is 13.2. The minimum Gasteiger partial charge on any atom is -0.393 e. The molecule has 35 heavy (non-hydrogen) atoms. The van der Waals surface area contributed by atoms with E-state index in [1.807, 2.05) is 0 Å². The average Bonchev–Trinajstić information content (AvgIpc) is 3.41. The second kappa shape index (κ2) is 10.2. The maximum absolute atomic E-state index is 13.2. The van der Waals surface area contributed by atoms with E-state index in [2.05, 4.69) is 19.2 Å². The van der Waals surface area contributed by atoms with Crippen LogP contribution in [0, 0.1) is 11.8 Å². The molecule has 12 nitrogen and oxygen atoms in total. The molecule has 0 saturated heterocycles. The number of carbonyl (C=O) groups excluding carboxylic acids is 1. The second-order valence-corrected chi connectivity index (χ2v) is 9.93. The van der Waals surface area contributed by atoms with Crippen LogP contribution < -0.4 is 10.7 Å². The number of hydrogen-bond donors (Lipinski definition) is 2. The van der Waals surface area contributed by atoms with Crippen LogP contribution in [0.15, 0.2) is 47.9 Å². The fraction of sp³-hybridized carbons (Fsp3) is 0.409. The number of aliphatic hydroxyl groups is 1. The molecule has 0 aliphatic heterocycles. The molecule has 13 heteroatoms. The van der Waals surface area contributed by atoms with Gasteiger partial charge in [-0.15, -0.1) is 0 Å². The number of rotatable bonds is 9. The third-order valence-electron chi connectivity index (χ3n) is 6.13. The largest absolute Gasteiger partial charge is 0.393 e. The highest BCUT2D eigenvalue weighted by Crippen LogP contribution is 2.34. The topological polar surface area (TPSA) is 172 Å². The normalized spacial score (nSPS) is 20.3. The van der Waals surface area contributed by atoms with Crippen molar-refractivity contribution in [2.45, 2.75) is 31.9 Å². The summed E-state index contributed by atoms with van der Waals surface area (Å²) in [5, 5.41) is 19.5. The number of aromatic nitrogens is 5. The standard InChI is InChI=1S/C22H26N6O6S/c1-27-5-2-3-15(22(27)31)11-28-6-4-18(26-28)21(30)17-10-24-13-25-19(17)8-14-7-16(20(29)9-14)12-34-35(23,32)33/h2-6,10,13-14,16,20,29H,7-9,11-12H2,1H3,(H2,23,32,33)/t14-,16+,20-/m0/s1. The van der Waals surface area contributed by atoms with Crippen LogP contribution in [0.25, 0.3) is 0 Å². The molecule has 0 amide bonds. The first-order valence-corrected chi connectivity index (χ1v) is 12.4. The third kappa shape index (κ3) is 6.06. The summed E-state index contributed by atoms with van der Waals surface area (Å²) in [6, 6.07) is 5.06. The molecule has 3 aromatic heterocycles. The molecule has 1 aliphatic rings. The van der Waals surface area contributed by atoms with Crippen molar-refractivity contribution in [3.63, 3.8) is 0 Å². The first-order chi connectivity index (χ1) is 16.6. The van der Waals surface area contributed by atoms with Crippen LogP contribution in [-0.4, -0.2) is 56.3 Å². The number of hydrogen-bond acceptors (Lipinski definition) is 9. The summed E-state index contributed by atoms with van der Waals surface area (Å²) in [4.78, 5) is 33.7. The van der Waals surface area contributed by atoms with E-state index in [0.29, 0.717) is 36.1 Å². The van der Waals surface area contributed by atoms with Gasteiger partial charge in [0.15, 0.2) is 0 Å². The molecule has 4 rings (SSSR count). The zero-order chi connectivity index (χ0) is 25.2. The zero-order valence-electron chi connectivity index (χ0n) is 19.0. The van der Waals surface area contributed by atoms with Gasteiger partial charge in [0.2, 0.25) is 5.78 Å². The van der Waals surface area contributed by atoms with Gasteiger partial charge in [0.25, 0.3) is 5.56 Å². The van der Waals surface area contributed by atoms with Crippen molar-refractivity contribution in [3.05, 3.63) is 76.0 Å². The Morgan fingerprint density at radius 3 is 2.86 bits per heavy atom. The van der Waals surface area contributed by atoms with Crippen molar-refractivity contribution >= 4 is 16.1 Å². The lowest BCUT2D eigenvalue weighted by molar-refractivity contribution is 0.100. The lowest BCUT2D eigenvalue weighted by atomic mass is 9.96. The summed E-state index contributed by atoms with van der Waals surface area (Å²) in [6.45, 7) is 0.0227. The average molecular weight is 503 g/mol. The molecule has 0 spiro atoms. The quantitative estimate of drug-likeness (QED) is 0.376. The van der Waals surface area contributed by atoms with E-state index in [0.717, 1.165) is 0 Å². The Kier molecular flexibility index (Phi) is 7.21. The summed E-state index contributed by atoms with van der Waals surface area (Å²) < 4.78 is 29.7. The number of aryl methyl sites for hydroxylation is 1. The Bertz CT molecular complexity index is 1380. The Morgan fingerprint density at radius 2 is 2.09 bits per heavy atom. The SMILES string of the molecule is Cn1cccc(Cn2ccc(C(=O)c3cncnc3C[C@@H]3C[C@H](COS(N)(=O)=O)[C@@H](O)C3)n2)c1=O. The molecule has 3 heterocycles. The van der Waals surface area contributed by atoms with Crippen LogP contribution in [0.5, 0.6) is 0 Å². The predicted molar refractivity (Wildman–Crippen MR) is 123 cm³/mol. The van der Waals surface area contributed by atoms with E-state index >= 15 is 0 Å². The van der Waals surface area contributed by atoms with Gasteiger partial charge >= 0.3 is 10.3 Å². The molecular formula is C22H26N6O6S. The van der Waals surface area contributed by atoms with Gasteiger partial charge in [-0.05, 0) is 37.3 Å². The van der Waals surface area contributed by atoms with E-state index in [9.17, 15) is 23.1 Å². The van der Waals surface area contributed by atoms with Gasteiger partial charge in [-0.3, -0.25) is 18.5 Å². The molecule has 3 atom stereocenters. The van der Waals surface area contributed by atoms with Crippen molar-refractivity contribution in [2.24, 2.45) is 24.0 Å². The fourth-order valence-corrected chi connectivity index (χ4v) is 4.75. The molecule has 1 aliphatic carbocycles. The number of nitrogens with zero attached hydrogens (tertiary/aromatic N) is 5. The van der Waals surface area contributed by atoms with Gasteiger partial charge in [-0.1, -0.05) is 6.07 Å². The van der Waals surface area contributed by atoms with Gasteiger partial charge in [0, 0.05) is 37.1 Å². The first kappa shape index (κ1) is 24.9. The minimum atomic E-state index is -4.09. The zero-order valence-corrected chi connectivity index (χ0v) is 19.8. The molecule has 0 radical (unpaired) electrons. The Hall–Kier alpha value is -3.26. The smallest absolute Gasteiger partial charge is 0.333 e. The molecule has 1 fully saturated rings. The molecule has 0 aromatic carbocycles. The summed E-state index contributed by atoms with van der Waals surface area (Å²) in [6.07, 6.45) is 6.64. The van der Waals surface area contributed by atoms with E-state index in [1.165, 1.54) is 21.8 Å². The summed E-state index contributed by atoms with van der Waals surface area (Å²) in [7, 11) is -2.42. The molecule has 1 saturated carbocycles. The van der Waals surface area contributed by atoms with E-state index in [4.69, 9.17) is 5.14 Å². The van der Waals surface area contributed by atoms with E-state index in [-0.39, 0.29) is 42.0 Å². The third-order valence-corrected chi connectivity index (χ3v) is 6.60. The number of pyridine rings is 1. The van der Waals surface area contributed by atoms with Crippen molar-refractivity contribution in [2.75, 3.05) is 6.61 Å². The summed E-state index contributed by atoms with van der Waals surface area (Å²) >= 11 is 0. The second-order valence-electron chi connectivity index (χ2n) is 8.71. The first-order valence-electron chi connectivity index (χ1n) is 11.0. The van der Waals surface area contributed by atoms with E-state index < -0.39 is 16.4 Å². The lowest BCUT2D eigenvalue weighted by Crippen LogP contribution is -2.24. The van der Waals surface area contributed by atoms with Crippen molar-refractivity contribution in [1.82, 2.24) is 24.3 Å². The Morgan fingerprint density at radius 1 is 1.29 bits per heavy atom. The highest BCUT2D eigenvalue weighted by atomic mass is 32.2. The van der Waals surface area contributed by atoms with Gasteiger partial charge in [0.05, 0.1) is 30.5 Å². The van der Waals surface area contributed by atoms with Crippen LogP contribution >= 0.6 is 0 Å². The van der Waals surface area contributed by atoms with Crippen LogP contribution in [0.1, 0.15) is 40.2 Å². The van der Waals surface area contributed by atoms with Gasteiger partial charge in [-0.25, -0.2) is 15.1 Å².